The highest BCUT2D eigenvalue weighted by molar-refractivity contribution is 5.76. The SMILES string of the molecule is COCCNCc1cccn1CC(=O)N1CCOCC1. The molecule has 1 amide bonds. The van der Waals surface area contributed by atoms with E-state index in [0.29, 0.717) is 39.5 Å². The predicted octanol–water partition coefficient (Wildman–Crippen LogP) is 0.0829. The molecule has 1 aromatic heterocycles. The molecule has 112 valence electrons. The van der Waals surface area contributed by atoms with E-state index < -0.39 is 0 Å². The van der Waals surface area contributed by atoms with Crippen molar-refractivity contribution in [3.8, 4) is 0 Å². The number of amides is 1. The molecule has 1 aliphatic heterocycles. The molecule has 0 aromatic carbocycles. The fraction of sp³-hybridized carbons (Fsp3) is 0.643. The van der Waals surface area contributed by atoms with Gasteiger partial charge in [-0.3, -0.25) is 4.79 Å². The third-order valence-corrected chi connectivity index (χ3v) is 3.38. The van der Waals surface area contributed by atoms with E-state index in [1.165, 1.54) is 0 Å². The first-order chi connectivity index (χ1) is 9.81. The van der Waals surface area contributed by atoms with Crippen LogP contribution in [-0.2, 0) is 27.4 Å². The predicted molar refractivity (Wildman–Crippen MR) is 75.4 cm³/mol. The van der Waals surface area contributed by atoms with Crippen molar-refractivity contribution in [2.75, 3.05) is 46.6 Å². The van der Waals surface area contributed by atoms with Crippen molar-refractivity contribution in [2.24, 2.45) is 0 Å². The molecule has 0 spiro atoms. The topological polar surface area (TPSA) is 55.7 Å². The number of hydrogen-bond donors (Lipinski definition) is 1. The Labute approximate surface area is 119 Å². The van der Waals surface area contributed by atoms with E-state index in [0.717, 1.165) is 18.8 Å². The van der Waals surface area contributed by atoms with E-state index in [9.17, 15) is 4.79 Å². The number of methoxy groups -OCH3 is 1. The third kappa shape index (κ3) is 4.33. The van der Waals surface area contributed by atoms with Crippen LogP contribution in [0, 0.1) is 0 Å². The van der Waals surface area contributed by atoms with Crippen molar-refractivity contribution < 1.29 is 14.3 Å². The molecule has 0 saturated carbocycles. The second-order valence-corrected chi connectivity index (χ2v) is 4.79. The lowest BCUT2D eigenvalue weighted by molar-refractivity contribution is -0.135. The van der Waals surface area contributed by atoms with Gasteiger partial charge in [0.1, 0.15) is 6.54 Å². The summed E-state index contributed by atoms with van der Waals surface area (Å²) in [6, 6.07) is 4.01. The lowest BCUT2D eigenvalue weighted by Crippen LogP contribution is -2.42. The standard InChI is InChI=1S/C14H23N3O3/c1-19-8-4-15-11-13-3-2-5-17(13)12-14(18)16-6-9-20-10-7-16/h2-3,5,15H,4,6-12H2,1H3. The first kappa shape index (κ1) is 15.0. The summed E-state index contributed by atoms with van der Waals surface area (Å²) in [4.78, 5) is 14.1. The lowest BCUT2D eigenvalue weighted by atomic mass is 10.3. The Morgan fingerprint density at radius 2 is 2.25 bits per heavy atom. The van der Waals surface area contributed by atoms with Crippen molar-refractivity contribution in [2.45, 2.75) is 13.1 Å². The molecular formula is C14H23N3O3. The largest absolute Gasteiger partial charge is 0.383 e. The maximum absolute atomic E-state index is 12.2. The van der Waals surface area contributed by atoms with E-state index in [4.69, 9.17) is 9.47 Å². The number of rotatable bonds is 7. The van der Waals surface area contributed by atoms with Crippen LogP contribution in [-0.4, -0.2) is 61.9 Å². The molecule has 1 aliphatic rings. The Bertz CT molecular complexity index is 414. The van der Waals surface area contributed by atoms with Gasteiger partial charge in [-0.15, -0.1) is 0 Å². The summed E-state index contributed by atoms with van der Waals surface area (Å²) < 4.78 is 12.3. The second-order valence-electron chi connectivity index (χ2n) is 4.79. The minimum Gasteiger partial charge on any atom is -0.383 e. The van der Waals surface area contributed by atoms with Gasteiger partial charge in [-0.05, 0) is 12.1 Å². The average Bonchev–Trinajstić information content (AvgIpc) is 2.92. The minimum absolute atomic E-state index is 0.155. The highest BCUT2D eigenvalue weighted by Crippen LogP contribution is 2.05. The number of ether oxygens (including phenoxy) is 2. The van der Waals surface area contributed by atoms with Crippen molar-refractivity contribution in [3.63, 3.8) is 0 Å². The van der Waals surface area contributed by atoms with Gasteiger partial charge in [-0.2, -0.15) is 0 Å². The van der Waals surface area contributed by atoms with Gasteiger partial charge in [-0.25, -0.2) is 0 Å². The van der Waals surface area contributed by atoms with Crippen LogP contribution in [0.25, 0.3) is 0 Å². The number of carbonyl (C=O) groups excluding carboxylic acids is 1. The molecule has 2 rings (SSSR count). The fourth-order valence-corrected chi connectivity index (χ4v) is 2.21. The van der Waals surface area contributed by atoms with Gasteiger partial charge < -0.3 is 24.3 Å². The van der Waals surface area contributed by atoms with E-state index in [1.807, 2.05) is 27.8 Å². The van der Waals surface area contributed by atoms with Gasteiger partial charge in [0.2, 0.25) is 5.91 Å². The summed E-state index contributed by atoms with van der Waals surface area (Å²) in [6.07, 6.45) is 1.95. The van der Waals surface area contributed by atoms with Gasteiger partial charge in [0, 0.05) is 45.2 Å². The number of hydrogen-bond acceptors (Lipinski definition) is 4. The molecule has 0 radical (unpaired) electrons. The Balaban J connectivity index is 1.82. The van der Waals surface area contributed by atoms with Crippen LogP contribution >= 0.6 is 0 Å². The molecule has 0 atom stereocenters. The van der Waals surface area contributed by atoms with Crippen LogP contribution in [0.4, 0.5) is 0 Å². The molecule has 1 aromatic rings. The van der Waals surface area contributed by atoms with Crippen LogP contribution < -0.4 is 5.32 Å². The summed E-state index contributed by atoms with van der Waals surface area (Å²) in [5, 5.41) is 3.29. The summed E-state index contributed by atoms with van der Waals surface area (Å²) in [6.45, 7) is 5.31. The fourth-order valence-electron chi connectivity index (χ4n) is 2.21. The Morgan fingerprint density at radius 3 is 3.00 bits per heavy atom. The number of carbonyl (C=O) groups is 1. The molecule has 0 bridgehead atoms. The van der Waals surface area contributed by atoms with Crippen molar-refractivity contribution in [3.05, 3.63) is 24.0 Å². The van der Waals surface area contributed by atoms with Gasteiger partial charge in [0.15, 0.2) is 0 Å². The maximum atomic E-state index is 12.2. The first-order valence-electron chi connectivity index (χ1n) is 7.00. The highest BCUT2D eigenvalue weighted by Gasteiger charge is 2.17. The monoisotopic (exact) mass is 281 g/mol. The molecule has 2 heterocycles. The summed E-state index contributed by atoms with van der Waals surface area (Å²) in [7, 11) is 1.69. The molecule has 6 nitrogen and oxygen atoms in total. The number of nitrogens with zero attached hydrogens (tertiary/aromatic N) is 2. The highest BCUT2D eigenvalue weighted by atomic mass is 16.5. The molecule has 6 heteroatoms. The molecule has 1 fully saturated rings. The zero-order valence-electron chi connectivity index (χ0n) is 12.0. The maximum Gasteiger partial charge on any atom is 0.242 e. The van der Waals surface area contributed by atoms with Crippen LogP contribution in [0.3, 0.4) is 0 Å². The normalized spacial score (nSPS) is 15.6. The molecule has 1 N–H and O–H groups in total. The van der Waals surface area contributed by atoms with Crippen molar-refractivity contribution in [1.82, 2.24) is 14.8 Å². The third-order valence-electron chi connectivity index (χ3n) is 3.38. The minimum atomic E-state index is 0.155. The number of morpholine rings is 1. The Hall–Kier alpha value is -1.37. The Morgan fingerprint density at radius 1 is 1.45 bits per heavy atom. The van der Waals surface area contributed by atoms with Gasteiger partial charge >= 0.3 is 0 Å². The molecule has 1 saturated heterocycles. The summed E-state index contributed by atoms with van der Waals surface area (Å²) in [5.41, 5.74) is 1.11. The zero-order valence-corrected chi connectivity index (χ0v) is 12.0. The van der Waals surface area contributed by atoms with Crippen molar-refractivity contribution >= 4 is 5.91 Å². The average molecular weight is 281 g/mol. The molecule has 20 heavy (non-hydrogen) atoms. The van der Waals surface area contributed by atoms with E-state index in [-0.39, 0.29) is 5.91 Å². The second kappa shape index (κ2) is 8.04. The summed E-state index contributed by atoms with van der Waals surface area (Å²) in [5.74, 6) is 0.155. The molecule has 0 aliphatic carbocycles. The molecular weight excluding hydrogens is 258 g/mol. The first-order valence-corrected chi connectivity index (χ1v) is 7.00. The van der Waals surface area contributed by atoms with Crippen LogP contribution in [0.1, 0.15) is 5.69 Å². The molecule has 0 unspecified atom stereocenters. The van der Waals surface area contributed by atoms with Gasteiger partial charge in [-0.1, -0.05) is 0 Å². The van der Waals surface area contributed by atoms with Crippen LogP contribution in [0.2, 0.25) is 0 Å². The summed E-state index contributed by atoms with van der Waals surface area (Å²) >= 11 is 0. The van der Waals surface area contributed by atoms with E-state index in [2.05, 4.69) is 5.32 Å². The Kier molecular flexibility index (Phi) is 6.04. The zero-order chi connectivity index (χ0) is 14.2. The van der Waals surface area contributed by atoms with E-state index in [1.54, 1.807) is 7.11 Å². The van der Waals surface area contributed by atoms with Gasteiger partial charge in [0.05, 0.1) is 19.8 Å². The van der Waals surface area contributed by atoms with Crippen LogP contribution in [0.15, 0.2) is 18.3 Å². The number of nitrogens with one attached hydrogen (secondary N) is 1. The number of aromatic nitrogens is 1. The van der Waals surface area contributed by atoms with Crippen LogP contribution in [0.5, 0.6) is 0 Å². The smallest absolute Gasteiger partial charge is 0.242 e. The quantitative estimate of drug-likeness (QED) is 0.719. The van der Waals surface area contributed by atoms with Crippen molar-refractivity contribution in [1.29, 1.82) is 0 Å². The van der Waals surface area contributed by atoms with E-state index >= 15 is 0 Å². The lowest BCUT2D eigenvalue weighted by Gasteiger charge is -2.27. The van der Waals surface area contributed by atoms with Gasteiger partial charge in [0.25, 0.3) is 0 Å².